The average molecular weight is 330 g/mol. The molecule has 0 heterocycles. The molecule has 0 aliphatic heterocycles. The SMILES string of the molecule is O=C(CCC(=O)Oc1ccc(CO)cc1)Oc1ccc(CO)cc1. The molecule has 0 unspecified atom stereocenters. The standard InChI is InChI=1S/C18H18O6/c19-11-13-1-5-15(6-2-13)23-17(21)9-10-18(22)24-16-7-3-14(12-20)4-8-16/h1-8,19-20H,9-12H2. The number of rotatable bonds is 7. The van der Waals surface area contributed by atoms with Crippen molar-refractivity contribution in [2.75, 3.05) is 0 Å². The highest BCUT2D eigenvalue weighted by atomic mass is 16.5. The molecule has 0 fully saturated rings. The quantitative estimate of drug-likeness (QED) is 0.595. The topological polar surface area (TPSA) is 93.1 Å². The summed E-state index contributed by atoms with van der Waals surface area (Å²) in [5.74, 6) is -0.381. The minimum Gasteiger partial charge on any atom is -0.427 e. The van der Waals surface area contributed by atoms with Crippen LogP contribution in [0.3, 0.4) is 0 Å². The maximum Gasteiger partial charge on any atom is 0.311 e. The lowest BCUT2D eigenvalue weighted by atomic mass is 10.2. The summed E-state index contributed by atoms with van der Waals surface area (Å²) in [6.45, 7) is -0.168. The summed E-state index contributed by atoms with van der Waals surface area (Å²) in [4.78, 5) is 23.4. The van der Waals surface area contributed by atoms with E-state index >= 15 is 0 Å². The predicted octanol–water partition coefficient (Wildman–Crippen LogP) is 1.96. The number of carbonyl (C=O) groups is 2. The van der Waals surface area contributed by atoms with Gasteiger partial charge >= 0.3 is 11.9 Å². The number of hydrogen-bond acceptors (Lipinski definition) is 6. The smallest absolute Gasteiger partial charge is 0.311 e. The molecule has 2 aromatic rings. The largest absolute Gasteiger partial charge is 0.427 e. The number of aliphatic hydroxyl groups excluding tert-OH is 2. The van der Waals surface area contributed by atoms with Crippen LogP contribution in [-0.2, 0) is 22.8 Å². The minimum atomic E-state index is -0.542. The van der Waals surface area contributed by atoms with Gasteiger partial charge in [0.05, 0.1) is 26.1 Å². The summed E-state index contributed by atoms with van der Waals surface area (Å²) < 4.78 is 10.2. The van der Waals surface area contributed by atoms with Crippen molar-refractivity contribution >= 4 is 11.9 Å². The molecule has 0 saturated carbocycles. The summed E-state index contributed by atoms with van der Waals surface area (Å²) in [6, 6.07) is 12.9. The summed E-state index contributed by atoms with van der Waals surface area (Å²) in [7, 11) is 0. The molecule has 0 aromatic heterocycles. The van der Waals surface area contributed by atoms with Crippen LogP contribution >= 0.6 is 0 Å². The van der Waals surface area contributed by atoms with E-state index in [9.17, 15) is 9.59 Å². The Hall–Kier alpha value is -2.70. The first-order valence-corrected chi connectivity index (χ1v) is 7.41. The van der Waals surface area contributed by atoms with Crippen molar-refractivity contribution in [3.05, 3.63) is 59.7 Å². The number of aliphatic hydroxyl groups is 2. The van der Waals surface area contributed by atoms with Gasteiger partial charge in [0.2, 0.25) is 0 Å². The van der Waals surface area contributed by atoms with E-state index < -0.39 is 11.9 Å². The van der Waals surface area contributed by atoms with Gasteiger partial charge in [0, 0.05) is 0 Å². The van der Waals surface area contributed by atoms with Gasteiger partial charge in [-0.15, -0.1) is 0 Å². The third-order valence-corrected chi connectivity index (χ3v) is 3.21. The number of benzene rings is 2. The zero-order valence-corrected chi connectivity index (χ0v) is 13.0. The van der Waals surface area contributed by atoms with Crippen molar-refractivity contribution < 1.29 is 29.3 Å². The molecule has 6 heteroatoms. The Bertz CT molecular complexity index is 614. The van der Waals surface area contributed by atoms with Gasteiger partial charge in [-0.25, -0.2) is 0 Å². The molecule has 2 N–H and O–H groups in total. The molecule has 0 atom stereocenters. The Morgan fingerprint density at radius 3 is 1.29 bits per heavy atom. The highest BCUT2D eigenvalue weighted by Gasteiger charge is 2.11. The number of carbonyl (C=O) groups excluding carboxylic acids is 2. The van der Waals surface area contributed by atoms with Crippen LogP contribution in [0.5, 0.6) is 11.5 Å². The molecule has 126 valence electrons. The van der Waals surface area contributed by atoms with Crippen molar-refractivity contribution in [2.45, 2.75) is 26.1 Å². The molecule has 0 saturated heterocycles. The maximum atomic E-state index is 11.7. The zero-order valence-electron chi connectivity index (χ0n) is 13.0. The van der Waals surface area contributed by atoms with E-state index in [1.54, 1.807) is 48.5 Å². The first-order chi connectivity index (χ1) is 11.6. The van der Waals surface area contributed by atoms with Crippen LogP contribution < -0.4 is 9.47 Å². The molecule has 2 rings (SSSR count). The van der Waals surface area contributed by atoms with Gasteiger partial charge in [-0.05, 0) is 35.4 Å². The molecular formula is C18H18O6. The molecular weight excluding hydrogens is 312 g/mol. The Morgan fingerprint density at radius 1 is 0.667 bits per heavy atom. The van der Waals surface area contributed by atoms with E-state index in [1.807, 2.05) is 0 Å². The lowest BCUT2D eigenvalue weighted by Gasteiger charge is -2.06. The maximum absolute atomic E-state index is 11.7. The van der Waals surface area contributed by atoms with E-state index in [4.69, 9.17) is 19.7 Å². The predicted molar refractivity (Wildman–Crippen MR) is 85.2 cm³/mol. The van der Waals surface area contributed by atoms with Gasteiger partial charge in [0.15, 0.2) is 0 Å². The van der Waals surface area contributed by atoms with E-state index in [0.717, 1.165) is 0 Å². The molecule has 24 heavy (non-hydrogen) atoms. The first-order valence-electron chi connectivity index (χ1n) is 7.41. The summed E-state index contributed by atoms with van der Waals surface area (Å²) in [5, 5.41) is 17.9. The van der Waals surface area contributed by atoms with Gasteiger partial charge in [0.25, 0.3) is 0 Å². The van der Waals surface area contributed by atoms with Crippen molar-refractivity contribution in [1.29, 1.82) is 0 Å². The first kappa shape index (κ1) is 17.7. The van der Waals surface area contributed by atoms with E-state index in [1.165, 1.54) is 0 Å². The number of esters is 2. The van der Waals surface area contributed by atoms with Gasteiger partial charge in [-0.1, -0.05) is 24.3 Å². The third kappa shape index (κ3) is 5.49. The molecule has 0 radical (unpaired) electrons. The van der Waals surface area contributed by atoms with Crippen LogP contribution in [0.2, 0.25) is 0 Å². The molecule has 0 amide bonds. The van der Waals surface area contributed by atoms with Gasteiger partial charge in [-0.3, -0.25) is 9.59 Å². The molecule has 6 nitrogen and oxygen atoms in total. The van der Waals surface area contributed by atoms with Crippen LogP contribution in [-0.4, -0.2) is 22.2 Å². The van der Waals surface area contributed by atoms with Crippen molar-refractivity contribution in [3.63, 3.8) is 0 Å². The fourth-order valence-electron chi connectivity index (χ4n) is 1.89. The Kier molecular flexibility index (Phi) is 6.48. The lowest BCUT2D eigenvalue weighted by molar-refractivity contribution is -0.140. The van der Waals surface area contributed by atoms with Crippen LogP contribution in [0, 0.1) is 0 Å². The molecule has 0 bridgehead atoms. The van der Waals surface area contributed by atoms with Crippen LogP contribution in [0.15, 0.2) is 48.5 Å². The summed E-state index contributed by atoms with van der Waals surface area (Å²) in [6.07, 6.45) is -0.204. The van der Waals surface area contributed by atoms with Crippen molar-refractivity contribution in [2.24, 2.45) is 0 Å². The van der Waals surface area contributed by atoms with Crippen LogP contribution in [0.4, 0.5) is 0 Å². The van der Waals surface area contributed by atoms with Crippen molar-refractivity contribution in [1.82, 2.24) is 0 Å². The van der Waals surface area contributed by atoms with Crippen LogP contribution in [0.25, 0.3) is 0 Å². The summed E-state index contributed by atoms with van der Waals surface area (Å²) in [5.41, 5.74) is 1.43. The van der Waals surface area contributed by atoms with Gasteiger partial charge in [-0.2, -0.15) is 0 Å². The second-order valence-corrected chi connectivity index (χ2v) is 5.05. The molecule has 0 aliphatic rings. The van der Waals surface area contributed by atoms with E-state index in [0.29, 0.717) is 22.6 Å². The normalized spacial score (nSPS) is 10.2. The third-order valence-electron chi connectivity index (χ3n) is 3.21. The average Bonchev–Trinajstić information content (AvgIpc) is 2.61. The Morgan fingerprint density at radius 2 is 1.00 bits per heavy atom. The number of ether oxygens (including phenoxy) is 2. The highest BCUT2D eigenvalue weighted by Crippen LogP contribution is 2.15. The lowest BCUT2D eigenvalue weighted by Crippen LogP contribution is -2.14. The highest BCUT2D eigenvalue weighted by molar-refractivity contribution is 5.80. The van der Waals surface area contributed by atoms with Gasteiger partial charge in [0.1, 0.15) is 11.5 Å². The van der Waals surface area contributed by atoms with Crippen LogP contribution in [0.1, 0.15) is 24.0 Å². The minimum absolute atomic E-state index is 0.0840. The van der Waals surface area contributed by atoms with E-state index in [2.05, 4.69) is 0 Å². The molecule has 0 aliphatic carbocycles. The second-order valence-electron chi connectivity index (χ2n) is 5.05. The molecule has 2 aromatic carbocycles. The number of hydrogen-bond donors (Lipinski definition) is 2. The van der Waals surface area contributed by atoms with Crippen molar-refractivity contribution in [3.8, 4) is 11.5 Å². The molecule has 0 spiro atoms. The zero-order chi connectivity index (χ0) is 17.4. The second kappa shape index (κ2) is 8.81. The fraction of sp³-hybridized carbons (Fsp3) is 0.222. The van der Waals surface area contributed by atoms with E-state index in [-0.39, 0.29) is 26.1 Å². The Labute approximate surface area is 139 Å². The van der Waals surface area contributed by atoms with Gasteiger partial charge < -0.3 is 19.7 Å². The summed E-state index contributed by atoms with van der Waals surface area (Å²) >= 11 is 0. The Balaban J connectivity index is 1.76. The fourth-order valence-corrected chi connectivity index (χ4v) is 1.89. The monoisotopic (exact) mass is 330 g/mol.